The highest BCUT2D eigenvalue weighted by molar-refractivity contribution is 5.92. The van der Waals surface area contributed by atoms with Crippen molar-refractivity contribution < 1.29 is 4.92 Å². The number of fused-ring (bicyclic) bond motifs is 1. The van der Waals surface area contributed by atoms with E-state index in [1.54, 1.807) is 18.2 Å². The van der Waals surface area contributed by atoms with Gasteiger partial charge in [-0.2, -0.15) is 10.4 Å². The first-order valence-corrected chi connectivity index (χ1v) is 3.75. The molecule has 6 heteroatoms. The van der Waals surface area contributed by atoms with Crippen molar-refractivity contribution in [1.29, 1.82) is 5.26 Å². The third-order valence-corrected chi connectivity index (χ3v) is 1.87. The number of nitrogens with one attached hydrogen (secondary N) is 1. The number of nitro benzene ring substituents is 1. The van der Waals surface area contributed by atoms with E-state index in [-0.39, 0.29) is 16.8 Å². The second kappa shape index (κ2) is 2.81. The van der Waals surface area contributed by atoms with Crippen LogP contribution in [0.2, 0.25) is 0 Å². The van der Waals surface area contributed by atoms with E-state index in [4.69, 9.17) is 5.26 Å². The third-order valence-electron chi connectivity index (χ3n) is 1.87. The van der Waals surface area contributed by atoms with Gasteiger partial charge in [-0.15, -0.1) is 0 Å². The summed E-state index contributed by atoms with van der Waals surface area (Å²) >= 11 is 0. The van der Waals surface area contributed by atoms with Crippen molar-refractivity contribution in [3.05, 3.63) is 34.0 Å². The fourth-order valence-electron chi connectivity index (χ4n) is 1.29. The van der Waals surface area contributed by atoms with Crippen molar-refractivity contribution in [3.63, 3.8) is 0 Å². The van der Waals surface area contributed by atoms with Crippen LogP contribution >= 0.6 is 0 Å². The van der Waals surface area contributed by atoms with Crippen molar-refractivity contribution >= 4 is 16.6 Å². The number of H-pyrrole nitrogens is 1. The molecule has 6 nitrogen and oxygen atoms in total. The molecule has 0 saturated heterocycles. The van der Waals surface area contributed by atoms with Gasteiger partial charge in [-0.25, -0.2) is 0 Å². The van der Waals surface area contributed by atoms with Gasteiger partial charge in [-0.05, 0) is 6.07 Å². The second-order valence-electron chi connectivity index (χ2n) is 2.64. The molecule has 0 spiro atoms. The third kappa shape index (κ3) is 0.998. The lowest BCUT2D eigenvalue weighted by molar-refractivity contribution is -0.383. The van der Waals surface area contributed by atoms with Crippen molar-refractivity contribution in [2.75, 3.05) is 0 Å². The smallest absolute Gasteiger partial charge is 0.276 e. The molecular weight excluding hydrogens is 184 g/mol. The highest BCUT2D eigenvalue weighted by Gasteiger charge is 2.17. The lowest BCUT2D eigenvalue weighted by Crippen LogP contribution is -1.89. The van der Waals surface area contributed by atoms with Gasteiger partial charge in [-0.3, -0.25) is 15.2 Å². The number of aromatic amines is 1. The van der Waals surface area contributed by atoms with Crippen molar-refractivity contribution in [2.45, 2.75) is 0 Å². The SMILES string of the molecule is N#Cc1n[nH]c2cccc([N+](=O)[O-])c12. The number of nitro groups is 1. The molecule has 0 aliphatic heterocycles. The number of rotatable bonds is 1. The fourth-order valence-corrected chi connectivity index (χ4v) is 1.29. The summed E-state index contributed by atoms with van der Waals surface area (Å²) in [6.07, 6.45) is 0. The maximum atomic E-state index is 10.6. The summed E-state index contributed by atoms with van der Waals surface area (Å²) < 4.78 is 0. The maximum absolute atomic E-state index is 10.6. The minimum atomic E-state index is -0.529. The molecule has 68 valence electrons. The molecule has 0 bridgehead atoms. The van der Waals surface area contributed by atoms with Crippen molar-refractivity contribution in [3.8, 4) is 6.07 Å². The monoisotopic (exact) mass is 188 g/mol. The number of hydrogen-bond acceptors (Lipinski definition) is 4. The summed E-state index contributed by atoms with van der Waals surface area (Å²) in [5, 5.41) is 25.8. The molecule has 0 unspecified atom stereocenters. The first-order chi connectivity index (χ1) is 6.74. The molecule has 0 fully saturated rings. The Kier molecular flexibility index (Phi) is 1.65. The van der Waals surface area contributed by atoms with E-state index in [2.05, 4.69) is 10.2 Å². The first-order valence-electron chi connectivity index (χ1n) is 3.75. The van der Waals surface area contributed by atoms with Crippen LogP contribution in [0.1, 0.15) is 5.69 Å². The minimum Gasteiger partial charge on any atom is -0.276 e. The van der Waals surface area contributed by atoms with Crippen LogP contribution in [0.15, 0.2) is 18.2 Å². The van der Waals surface area contributed by atoms with E-state index >= 15 is 0 Å². The molecule has 0 atom stereocenters. The number of nitriles is 1. The summed E-state index contributed by atoms with van der Waals surface area (Å²) in [4.78, 5) is 10.1. The van der Waals surface area contributed by atoms with Gasteiger partial charge in [0.25, 0.3) is 5.69 Å². The number of non-ortho nitro benzene ring substituents is 1. The van der Waals surface area contributed by atoms with Crippen LogP contribution in [0.3, 0.4) is 0 Å². The van der Waals surface area contributed by atoms with Gasteiger partial charge >= 0.3 is 0 Å². The molecular formula is C8H4N4O2. The average Bonchev–Trinajstić information content (AvgIpc) is 2.59. The summed E-state index contributed by atoms with van der Waals surface area (Å²) in [6.45, 7) is 0. The van der Waals surface area contributed by atoms with Gasteiger partial charge in [0, 0.05) is 6.07 Å². The minimum absolute atomic E-state index is 0.0484. The Labute approximate surface area is 77.9 Å². The van der Waals surface area contributed by atoms with Gasteiger partial charge in [0.15, 0.2) is 5.69 Å². The lowest BCUT2D eigenvalue weighted by atomic mass is 10.2. The van der Waals surface area contributed by atoms with Crippen molar-refractivity contribution in [1.82, 2.24) is 10.2 Å². The molecule has 0 amide bonds. The van der Waals surface area contributed by atoms with E-state index in [0.717, 1.165) is 0 Å². The Balaban J connectivity index is 2.90. The van der Waals surface area contributed by atoms with Crippen LogP contribution in [-0.2, 0) is 0 Å². The van der Waals surface area contributed by atoms with Crippen LogP contribution in [0, 0.1) is 21.4 Å². The van der Waals surface area contributed by atoms with Crippen LogP contribution in [0.25, 0.3) is 10.9 Å². The average molecular weight is 188 g/mol. The molecule has 14 heavy (non-hydrogen) atoms. The second-order valence-corrected chi connectivity index (χ2v) is 2.64. The quantitative estimate of drug-likeness (QED) is 0.539. The molecule has 1 aromatic heterocycles. The predicted molar refractivity (Wildman–Crippen MR) is 47.5 cm³/mol. The van der Waals surface area contributed by atoms with E-state index in [9.17, 15) is 10.1 Å². The largest absolute Gasteiger partial charge is 0.281 e. The Morgan fingerprint density at radius 1 is 1.57 bits per heavy atom. The molecule has 1 heterocycles. The van der Waals surface area contributed by atoms with Gasteiger partial charge < -0.3 is 0 Å². The Morgan fingerprint density at radius 2 is 2.36 bits per heavy atom. The highest BCUT2D eigenvalue weighted by atomic mass is 16.6. The van der Waals surface area contributed by atoms with E-state index in [1.165, 1.54) is 6.07 Å². The fraction of sp³-hybridized carbons (Fsp3) is 0. The molecule has 2 aromatic rings. The predicted octanol–water partition coefficient (Wildman–Crippen LogP) is 1.34. The number of aromatic nitrogens is 2. The normalized spacial score (nSPS) is 9.93. The highest BCUT2D eigenvalue weighted by Crippen LogP contribution is 2.26. The molecule has 0 aliphatic carbocycles. The summed E-state index contributed by atoms with van der Waals surface area (Å²) in [7, 11) is 0. The van der Waals surface area contributed by atoms with Crippen LogP contribution < -0.4 is 0 Å². The summed E-state index contributed by atoms with van der Waals surface area (Å²) in [5.41, 5.74) is 0.441. The Bertz CT molecular complexity index is 552. The number of hydrogen-bond donors (Lipinski definition) is 1. The van der Waals surface area contributed by atoms with E-state index in [1.807, 2.05) is 0 Å². The van der Waals surface area contributed by atoms with E-state index < -0.39 is 4.92 Å². The number of nitrogens with zero attached hydrogens (tertiary/aromatic N) is 3. The topological polar surface area (TPSA) is 95.6 Å². The van der Waals surface area contributed by atoms with Crippen LogP contribution in [0.4, 0.5) is 5.69 Å². The zero-order valence-electron chi connectivity index (χ0n) is 6.89. The number of benzene rings is 1. The van der Waals surface area contributed by atoms with Crippen molar-refractivity contribution in [2.24, 2.45) is 0 Å². The standard InChI is InChI=1S/C8H4N4O2/c9-4-6-8-5(10-11-6)2-1-3-7(8)12(13)14/h1-3H,(H,10,11). The molecule has 1 aromatic carbocycles. The Morgan fingerprint density at radius 3 is 3.00 bits per heavy atom. The molecule has 2 rings (SSSR count). The van der Waals surface area contributed by atoms with Crippen LogP contribution in [-0.4, -0.2) is 15.1 Å². The molecule has 0 aliphatic rings. The summed E-state index contributed by atoms with van der Waals surface area (Å²) in [5.74, 6) is 0. The van der Waals surface area contributed by atoms with Gasteiger partial charge in [0.2, 0.25) is 0 Å². The molecule has 0 saturated carbocycles. The van der Waals surface area contributed by atoms with Gasteiger partial charge in [-0.1, -0.05) is 6.07 Å². The zero-order chi connectivity index (χ0) is 10.1. The summed E-state index contributed by atoms with van der Waals surface area (Å²) in [6, 6.07) is 6.32. The zero-order valence-corrected chi connectivity index (χ0v) is 6.89. The molecule has 0 radical (unpaired) electrons. The van der Waals surface area contributed by atoms with Gasteiger partial charge in [0.1, 0.15) is 11.5 Å². The first kappa shape index (κ1) is 8.19. The molecule has 1 N–H and O–H groups in total. The lowest BCUT2D eigenvalue weighted by Gasteiger charge is -1.91. The van der Waals surface area contributed by atoms with E-state index in [0.29, 0.717) is 5.52 Å². The van der Waals surface area contributed by atoms with Crippen LogP contribution in [0.5, 0.6) is 0 Å². The van der Waals surface area contributed by atoms with Gasteiger partial charge in [0.05, 0.1) is 10.4 Å². The maximum Gasteiger partial charge on any atom is 0.281 e. The Hall–Kier alpha value is -2.42.